The van der Waals surface area contributed by atoms with Gasteiger partial charge in [-0.15, -0.1) is 0 Å². The summed E-state index contributed by atoms with van der Waals surface area (Å²) in [6, 6.07) is 4.09. The molecule has 0 radical (unpaired) electrons. The van der Waals surface area contributed by atoms with Crippen LogP contribution in [0.5, 0.6) is 0 Å². The van der Waals surface area contributed by atoms with E-state index in [2.05, 4.69) is 10.6 Å². The molecule has 4 N–H and O–H groups in total. The molecule has 3 aliphatic rings. The van der Waals surface area contributed by atoms with Gasteiger partial charge in [-0.05, 0) is 37.8 Å². The number of amides is 5. The molecular formula is C22H27N5O5. The van der Waals surface area contributed by atoms with Crippen molar-refractivity contribution in [1.82, 2.24) is 15.1 Å². The Labute approximate surface area is 185 Å². The number of imide groups is 2. The Morgan fingerprint density at radius 2 is 1.84 bits per heavy atom. The molecule has 5 amide bonds. The number of piperidine rings is 2. The van der Waals surface area contributed by atoms with Gasteiger partial charge < -0.3 is 16.0 Å². The number of hydrogen-bond donors (Lipinski definition) is 3. The van der Waals surface area contributed by atoms with E-state index in [1.807, 2.05) is 4.90 Å². The summed E-state index contributed by atoms with van der Waals surface area (Å²) in [4.78, 5) is 64.7. The van der Waals surface area contributed by atoms with Gasteiger partial charge in [-0.2, -0.15) is 0 Å². The number of carbonyl (C=O) groups excluding carboxylic acids is 5. The number of anilines is 1. The van der Waals surface area contributed by atoms with Gasteiger partial charge in [0.1, 0.15) is 6.04 Å². The Bertz CT molecular complexity index is 969. The summed E-state index contributed by atoms with van der Waals surface area (Å²) in [5, 5.41) is 5.35. The van der Waals surface area contributed by atoms with Gasteiger partial charge >= 0.3 is 0 Å². The molecule has 4 rings (SSSR count). The Hall–Kier alpha value is -3.27. The van der Waals surface area contributed by atoms with Crippen molar-refractivity contribution in [2.24, 2.45) is 5.73 Å². The third-order valence-electron chi connectivity index (χ3n) is 6.24. The second-order valence-electron chi connectivity index (χ2n) is 8.42. The van der Waals surface area contributed by atoms with Crippen LogP contribution in [0.15, 0.2) is 18.2 Å². The molecule has 2 fully saturated rings. The van der Waals surface area contributed by atoms with Crippen LogP contribution in [0.1, 0.15) is 59.2 Å². The van der Waals surface area contributed by atoms with Gasteiger partial charge in [-0.3, -0.25) is 34.2 Å². The average molecular weight is 441 g/mol. The molecule has 2 saturated heterocycles. The molecule has 10 heteroatoms. The lowest BCUT2D eigenvalue weighted by Crippen LogP contribution is -2.54. The largest absolute Gasteiger partial charge is 0.384 e. The number of nitrogens with one attached hydrogen (secondary N) is 2. The molecule has 0 aromatic heterocycles. The molecule has 0 saturated carbocycles. The molecule has 10 nitrogen and oxygen atoms in total. The van der Waals surface area contributed by atoms with Crippen LogP contribution in [0, 0.1) is 0 Å². The summed E-state index contributed by atoms with van der Waals surface area (Å²) < 4.78 is 0. The van der Waals surface area contributed by atoms with Crippen LogP contribution in [0.25, 0.3) is 0 Å². The minimum atomic E-state index is -0.997. The van der Waals surface area contributed by atoms with E-state index < -0.39 is 29.7 Å². The lowest BCUT2D eigenvalue weighted by atomic mass is 10.0. The summed E-state index contributed by atoms with van der Waals surface area (Å²) >= 11 is 0. The lowest BCUT2D eigenvalue weighted by Gasteiger charge is -2.30. The SMILES string of the molecule is NC1CCN(C(=O)CCCNc2cccc3c2C(=O)N(C2CCC(=O)NC2=O)C3=O)CC1. The number of fused-ring (bicyclic) bond motifs is 1. The van der Waals surface area contributed by atoms with Crippen LogP contribution in [0.2, 0.25) is 0 Å². The standard InChI is InChI=1S/C22H27N5O5/c23-13-8-11-26(12-9-13)18(29)5-2-10-24-15-4-1-3-14-19(15)22(32)27(21(14)31)16-6-7-17(28)25-20(16)30/h1,3-4,13,16,24H,2,5-12,23H2,(H,25,28,30). The van der Waals surface area contributed by atoms with Crippen molar-refractivity contribution in [3.8, 4) is 0 Å². The Balaban J connectivity index is 1.37. The van der Waals surface area contributed by atoms with Crippen LogP contribution in [-0.4, -0.2) is 71.1 Å². The molecule has 3 aliphatic heterocycles. The van der Waals surface area contributed by atoms with E-state index in [1.165, 1.54) is 0 Å². The first-order valence-corrected chi connectivity index (χ1v) is 11.0. The van der Waals surface area contributed by atoms with Crippen LogP contribution >= 0.6 is 0 Å². The molecule has 1 aromatic rings. The van der Waals surface area contributed by atoms with E-state index in [0.29, 0.717) is 38.2 Å². The highest BCUT2D eigenvalue weighted by Gasteiger charge is 2.45. The normalized spacial score (nSPS) is 21.6. The molecule has 1 aromatic carbocycles. The highest BCUT2D eigenvalue weighted by molar-refractivity contribution is 6.25. The first-order chi connectivity index (χ1) is 15.4. The zero-order valence-electron chi connectivity index (χ0n) is 17.8. The third-order valence-corrected chi connectivity index (χ3v) is 6.24. The number of rotatable bonds is 6. The quantitative estimate of drug-likeness (QED) is 0.424. The van der Waals surface area contributed by atoms with Crippen molar-refractivity contribution in [1.29, 1.82) is 0 Å². The molecule has 0 aliphatic carbocycles. The fraction of sp³-hybridized carbons (Fsp3) is 0.500. The first-order valence-electron chi connectivity index (χ1n) is 11.0. The minimum absolute atomic E-state index is 0.0753. The van der Waals surface area contributed by atoms with E-state index in [-0.39, 0.29) is 35.9 Å². The predicted octanol–water partition coefficient (Wildman–Crippen LogP) is 0.230. The first kappa shape index (κ1) is 21.9. The average Bonchev–Trinajstić information content (AvgIpc) is 3.02. The van der Waals surface area contributed by atoms with E-state index in [1.54, 1.807) is 18.2 Å². The maximum atomic E-state index is 13.1. The number of hydrogen-bond acceptors (Lipinski definition) is 7. The summed E-state index contributed by atoms with van der Waals surface area (Å²) in [6.45, 7) is 1.83. The predicted molar refractivity (Wildman–Crippen MR) is 115 cm³/mol. The van der Waals surface area contributed by atoms with E-state index in [0.717, 1.165) is 17.7 Å². The van der Waals surface area contributed by atoms with Crippen LogP contribution < -0.4 is 16.4 Å². The van der Waals surface area contributed by atoms with Crippen LogP contribution in [0.3, 0.4) is 0 Å². The van der Waals surface area contributed by atoms with Crippen LogP contribution in [0.4, 0.5) is 5.69 Å². The van der Waals surface area contributed by atoms with E-state index >= 15 is 0 Å². The van der Waals surface area contributed by atoms with Gasteiger partial charge in [0.05, 0.1) is 11.1 Å². The summed E-state index contributed by atoms with van der Waals surface area (Å²) in [5.41, 5.74) is 6.82. The van der Waals surface area contributed by atoms with E-state index in [4.69, 9.17) is 5.73 Å². The van der Waals surface area contributed by atoms with Gasteiger partial charge in [0.25, 0.3) is 11.8 Å². The van der Waals surface area contributed by atoms with Crippen molar-refractivity contribution in [3.63, 3.8) is 0 Å². The summed E-state index contributed by atoms with van der Waals surface area (Å²) in [7, 11) is 0. The van der Waals surface area contributed by atoms with Gasteiger partial charge in [0, 0.05) is 44.2 Å². The van der Waals surface area contributed by atoms with Crippen LogP contribution in [-0.2, 0) is 14.4 Å². The second-order valence-corrected chi connectivity index (χ2v) is 8.42. The van der Waals surface area contributed by atoms with Crippen molar-refractivity contribution in [2.45, 2.75) is 50.6 Å². The number of nitrogens with zero attached hydrogens (tertiary/aromatic N) is 2. The smallest absolute Gasteiger partial charge is 0.264 e. The fourth-order valence-corrected chi connectivity index (χ4v) is 4.43. The molecule has 3 heterocycles. The van der Waals surface area contributed by atoms with Gasteiger partial charge in [-0.1, -0.05) is 6.07 Å². The highest BCUT2D eigenvalue weighted by Crippen LogP contribution is 2.32. The number of benzene rings is 1. The number of nitrogens with two attached hydrogens (primary N) is 1. The number of likely N-dealkylation sites (tertiary alicyclic amines) is 1. The Kier molecular flexibility index (Phi) is 6.22. The van der Waals surface area contributed by atoms with E-state index in [9.17, 15) is 24.0 Å². The Morgan fingerprint density at radius 3 is 2.56 bits per heavy atom. The zero-order valence-corrected chi connectivity index (χ0v) is 17.8. The molecule has 0 bridgehead atoms. The molecule has 1 unspecified atom stereocenters. The maximum absolute atomic E-state index is 13.1. The molecule has 0 spiro atoms. The van der Waals surface area contributed by atoms with Crippen molar-refractivity contribution < 1.29 is 24.0 Å². The topological polar surface area (TPSA) is 142 Å². The highest BCUT2D eigenvalue weighted by atomic mass is 16.2. The Morgan fingerprint density at radius 1 is 1.09 bits per heavy atom. The molecule has 1 atom stereocenters. The molecule has 32 heavy (non-hydrogen) atoms. The van der Waals surface area contributed by atoms with Gasteiger partial charge in [-0.25, -0.2) is 0 Å². The molecular weight excluding hydrogens is 414 g/mol. The summed E-state index contributed by atoms with van der Waals surface area (Å²) in [5.74, 6) is -2.05. The van der Waals surface area contributed by atoms with Gasteiger partial charge in [0.15, 0.2) is 0 Å². The fourth-order valence-electron chi connectivity index (χ4n) is 4.43. The van der Waals surface area contributed by atoms with Gasteiger partial charge in [0.2, 0.25) is 17.7 Å². The maximum Gasteiger partial charge on any atom is 0.264 e. The minimum Gasteiger partial charge on any atom is -0.384 e. The second kappa shape index (κ2) is 9.07. The van der Waals surface area contributed by atoms with Crippen molar-refractivity contribution >= 4 is 35.2 Å². The lowest BCUT2D eigenvalue weighted by molar-refractivity contribution is -0.136. The monoisotopic (exact) mass is 441 g/mol. The van der Waals surface area contributed by atoms with Crippen molar-refractivity contribution in [3.05, 3.63) is 29.3 Å². The summed E-state index contributed by atoms with van der Waals surface area (Å²) in [6.07, 6.45) is 2.78. The van der Waals surface area contributed by atoms with Crippen molar-refractivity contribution in [2.75, 3.05) is 25.0 Å². The third kappa shape index (κ3) is 4.22. The number of carbonyl (C=O) groups is 5. The zero-order chi connectivity index (χ0) is 22.8. The molecule has 170 valence electrons.